The lowest BCUT2D eigenvalue weighted by Crippen LogP contribution is -2.32. The number of likely N-dealkylation sites (tertiary alicyclic amines) is 1. The van der Waals surface area contributed by atoms with E-state index in [1.165, 1.54) is 0 Å². The summed E-state index contributed by atoms with van der Waals surface area (Å²) in [5.74, 6) is 1.38. The molecule has 2 aliphatic rings. The normalized spacial score (nSPS) is 25.1. The van der Waals surface area contributed by atoms with Gasteiger partial charge in [-0.3, -0.25) is 9.78 Å². The zero-order valence-electron chi connectivity index (χ0n) is 11.2. The van der Waals surface area contributed by atoms with Crippen LogP contribution in [0, 0.1) is 11.8 Å². The van der Waals surface area contributed by atoms with Gasteiger partial charge in [-0.05, 0) is 24.0 Å². The molecule has 0 aliphatic carbocycles. The molecule has 0 spiro atoms. The van der Waals surface area contributed by atoms with Gasteiger partial charge in [0.2, 0.25) is 0 Å². The summed E-state index contributed by atoms with van der Waals surface area (Å²) in [5, 5.41) is 4.43. The molecule has 4 rings (SSSR count). The highest BCUT2D eigenvalue weighted by atomic mass is 16.2. The van der Waals surface area contributed by atoms with E-state index in [0.29, 0.717) is 11.8 Å². The molecule has 0 bridgehead atoms. The monoisotopic (exact) mass is 267 g/mol. The van der Waals surface area contributed by atoms with Crippen molar-refractivity contribution in [3.05, 3.63) is 42.1 Å². The Bertz CT molecular complexity index is 652. The van der Waals surface area contributed by atoms with E-state index in [4.69, 9.17) is 0 Å². The summed E-state index contributed by atoms with van der Waals surface area (Å²) in [6.45, 7) is 3.84. The zero-order valence-corrected chi connectivity index (χ0v) is 11.2. The van der Waals surface area contributed by atoms with Crippen LogP contribution in [0.3, 0.4) is 0 Å². The predicted molar refractivity (Wildman–Crippen MR) is 77.5 cm³/mol. The number of fused-ring (bicyclic) bond motifs is 2. The topological polar surface area (TPSA) is 45.2 Å². The fraction of sp³-hybridized carbons (Fsp3) is 0.375. The van der Waals surface area contributed by atoms with E-state index in [0.717, 1.165) is 42.6 Å². The minimum atomic E-state index is 0.128. The lowest BCUT2D eigenvalue weighted by molar-refractivity contribution is 0.0783. The van der Waals surface area contributed by atoms with E-state index in [-0.39, 0.29) is 5.91 Å². The summed E-state index contributed by atoms with van der Waals surface area (Å²) in [6, 6.07) is 9.74. The van der Waals surface area contributed by atoms with Crippen LogP contribution in [-0.2, 0) is 0 Å². The van der Waals surface area contributed by atoms with Crippen molar-refractivity contribution in [3.8, 4) is 0 Å². The number of hydrogen-bond acceptors (Lipinski definition) is 3. The lowest BCUT2D eigenvalue weighted by Gasteiger charge is -2.18. The third kappa shape index (κ3) is 1.79. The molecular formula is C16H17N3O. The first kappa shape index (κ1) is 11.9. The Morgan fingerprint density at radius 2 is 1.90 bits per heavy atom. The molecular weight excluding hydrogens is 250 g/mol. The van der Waals surface area contributed by atoms with Gasteiger partial charge in [0.1, 0.15) is 0 Å². The minimum Gasteiger partial charge on any atom is -0.338 e. The Kier molecular flexibility index (Phi) is 2.70. The van der Waals surface area contributed by atoms with E-state index in [1.54, 1.807) is 6.20 Å². The Labute approximate surface area is 117 Å². The molecule has 0 unspecified atom stereocenters. The summed E-state index contributed by atoms with van der Waals surface area (Å²) < 4.78 is 0. The van der Waals surface area contributed by atoms with Gasteiger partial charge < -0.3 is 10.2 Å². The van der Waals surface area contributed by atoms with E-state index < -0.39 is 0 Å². The predicted octanol–water partition coefficient (Wildman–Crippen LogP) is 1.53. The quantitative estimate of drug-likeness (QED) is 0.852. The molecule has 3 heterocycles. The van der Waals surface area contributed by atoms with Crippen LogP contribution >= 0.6 is 0 Å². The number of nitrogens with one attached hydrogen (secondary N) is 1. The molecule has 1 aromatic carbocycles. The second kappa shape index (κ2) is 4.56. The number of carbonyl (C=O) groups excluding carboxylic acids is 1. The molecule has 20 heavy (non-hydrogen) atoms. The molecule has 2 fully saturated rings. The van der Waals surface area contributed by atoms with Crippen LogP contribution < -0.4 is 5.32 Å². The third-order valence-corrected chi connectivity index (χ3v) is 4.54. The fourth-order valence-electron chi connectivity index (χ4n) is 3.47. The van der Waals surface area contributed by atoms with E-state index in [1.807, 2.05) is 35.2 Å². The first-order chi connectivity index (χ1) is 9.83. The summed E-state index contributed by atoms with van der Waals surface area (Å²) in [7, 11) is 0. The van der Waals surface area contributed by atoms with E-state index in [9.17, 15) is 4.79 Å². The van der Waals surface area contributed by atoms with Gasteiger partial charge >= 0.3 is 0 Å². The minimum absolute atomic E-state index is 0.128. The molecule has 2 aromatic rings. The molecule has 4 nitrogen and oxygen atoms in total. The van der Waals surface area contributed by atoms with Crippen molar-refractivity contribution in [1.82, 2.24) is 15.2 Å². The Morgan fingerprint density at radius 1 is 1.15 bits per heavy atom. The van der Waals surface area contributed by atoms with Gasteiger partial charge in [0.05, 0.1) is 11.1 Å². The number of carbonyl (C=O) groups is 1. The van der Waals surface area contributed by atoms with Gasteiger partial charge in [0.25, 0.3) is 5.91 Å². The van der Waals surface area contributed by atoms with Crippen LogP contribution in [0.5, 0.6) is 0 Å². The van der Waals surface area contributed by atoms with Crippen LogP contribution in [0.15, 0.2) is 36.5 Å². The van der Waals surface area contributed by atoms with Crippen molar-refractivity contribution in [2.24, 2.45) is 11.8 Å². The lowest BCUT2D eigenvalue weighted by atomic mass is 10.0. The summed E-state index contributed by atoms with van der Waals surface area (Å²) in [5.41, 5.74) is 1.55. The van der Waals surface area contributed by atoms with Crippen LogP contribution in [0.2, 0.25) is 0 Å². The summed E-state index contributed by atoms with van der Waals surface area (Å²) in [6.07, 6.45) is 1.75. The van der Waals surface area contributed by atoms with E-state index in [2.05, 4.69) is 10.3 Å². The van der Waals surface area contributed by atoms with Gasteiger partial charge in [-0.25, -0.2) is 0 Å². The van der Waals surface area contributed by atoms with Gasteiger partial charge in [0, 0.05) is 37.8 Å². The average molecular weight is 267 g/mol. The number of rotatable bonds is 1. The Balaban J connectivity index is 1.68. The number of para-hydroxylation sites is 1. The smallest absolute Gasteiger partial charge is 0.256 e. The third-order valence-electron chi connectivity index (χ3n) is 4.54. The highest BCUT2D eigenvalue weighted by Crippen LogP contribution is 2.28. The van der Waals surface area contributed by atoms with Crippen molar-refractivity contribution >= 4 is 16.8 Å². The second-order valence-electron chi connectivity index (χ2n) is 5.77. The number of amides is 1. The molecule has 1 N–H and O–H groups in total. The van der Waals surface area contributed by atoms with Gasteiger partial charge in [-0.2, -0.15) is 0 Å². The molecule has 2 saturated heterocycles. The SMILES string of the molecule is O=C(c1cccc2cccnc12)N1C[C@H]2CNC[C@H]2C1. The van der Waals surface area contributed by atoms with Gasteiger partial charge in [-0.1, -0.05) is 18.2 Å². The van der Waals surface area contributed by atoms with Crippen LogP contribution in [0.1, 0.15) is 10.4 Å². The highest BCUT2D eigenvalue weighted by molar-refractivity contribution is 6.05. The summed E-state index contributed by atoms with van der Waals surface area (Å²) >= 11 is 0. The first-order valence-electron chi connectivity index (χ1n) is 7.16. The average Bonchev–Trinajstić information content (AvgIpc) is 3.07. The standard InChI is InChI=1S/C16H17N3O/c20-16(19-9-12-7-17-8-13(12)10-19)14-5-1-3-11-4-2-6-18-15(11)14/h1-6,12-13,17H,7-10H2/t12-,13+. The largest absolute Gasteiger partial charge is 0.338 e. The molecule has 4 heteroatoms. The molecule has 2 atom stereocenters. The van der Waals surface area contributed by atoms with Crippen molar-refractivity contribution in [1.29, 1.82) is 0 Å². The molecule has 2 aliphatic heterocycles. The van der Waals surface area contributed by atoms with Gasteiger partial charge in [-0.15, -0.1) is 0 Å². The van der Waals surface area contributed by atoms with Crippen molar-refractivity contribution < 1.29 is 4.79 Å². The molecule has 0 radical (unpaired) electrons. The van der Waals surface area contributed by atoms with Crippen molar-refractivity contribution in [3.63, 3.8) is 0 Å². The molecule has 1 aromatic heterocycles. The number of pyridine rings is 1. The fourth-order valence-corrected chi connectivity index (χ4v) is 3.47. The number of nitrogens with zero attached hydrogens (tertiary/aromatic N) is 2. The maximum atomic E-state index is 12.8. The van der Waals surface area contributed by atoms with Gasteiger partial charge in [0.15, 0.2) is 0 Å². The molecule has 1 amide bonds. The zero-order chi connectivity index (χ0) is 13.5. The first-order valence-corrected chi connectivity index (χ1v) is 7.16. The summed E-state index contributed by atoms with van der Waals surface area (Å²) in [4.78, 5) is 19.1. The molecule has 102 valence electrons. The molecule has 0 saturated carbocycles. The van der Waals surface area contributed by atoms with Crippen LogP contribution in [-0.4, -0.2) is 42.0 Å². The number of hydrogen-bond donors (Lipinski definition) is 1. The second-order valence-corrected chi connectivity index (χ2v) is 5.77. The maximum Gasteiger partial charge on any atom is 0.256 e. The van der Waals surface area contributed by atoms with Crippen molar-refractivity contribution in [2.45, 2.75) is 0 Å². The number of aromatic nitrogens is 1. The Morgan fingerprint density at radius 3 is 2.70 bits per heavy atom. The van der Waals surface area contributed by atoms with Crippen molar-refractivity contribution in [2.75, 3.05) is 26.2 Å². The number of benzene rings is 1. The van der Waals surface area contributed by atoms with Crippen LogP contribution in [0.25, 0.3) is 10.9 Å². The maximum absolute atomic E-state index is 12.8. The highest BCUT2D eigenvalue weighted by Gasteiger charge is 2.38. The Hall–Kier alpha value is -1.94. The van der Waals surface area contributed by atoms with Crippen LogP contribution in [0.4, 0.5) is 0 Å². The van der Waals surface area contributed by atoms with E-state index >= 15 is 0 Å².